The van der Waals surface area contributed by atoms with E-state index in [2.05, 4.69) is 39.0 Å². The van der Waals surface area contributed by atoms with Gasteiger partial charge in [0.05, 0.1) is 6.26 Å². The maximum absolute atomic E-state index is 13.3. The van der Waals surface area contributed by atoms with E-state index >= 15 is 0 Å². The van der Waals surface area contributed by atoms with Crippen molar-refractivity contribution in [3.05, 3.63) is 60.4 Å². The van der Waals surface area contributed by atoms with E-state index in [0.717, 1.165) is 50.3 Å². The second-order valence-corrected chi connectivity index (χ2v) is 8.67. The summed E-state index contributed by atoms with van der Waals surface area (Å²) in [7, 11) is 0. The molecule has 0 unspecified atom stereocenters. The summed E-state index contributed by atoms with van der Waals surface area (Å²) in [4.78, 5) is 26.7. The van der Waals surface area contributed by atoms with Gasteiger partial charge in [0.15, 0.2) is 5.76 Å². The fraction of sp³-hybridized carbons (Fsp3) is 0.360. The highest BCUT2D eigenvalue weighted by molar-refractivity contribution is 5.79. The first-order valence-electron chi connectivity index (χ1n) is 11.8. The Kier molecular flexibility index (Phi) is 6.16. The van der Waals surface area contributed by atoms with Crippen LogP contribution in [0.5, 0.6) is 0 Å². The third kappa shape index (κ3) is 4.46. The van der Waals surface area contributed by atoms with Gasteiger partial charge in [0.1, 0.15) is 11.6 Å². The van der Waals surface area contributed by atoms with E-state index in [1.54, 1.807) is 18.4 Å². The highest BCUT2D eigenvalue weighted by atomic mass is 16.3. The minimum absolute atomic E-state index is 0.0197. The fourth-order valence-electron chi connectivity index (χ4n) is 4.50. The smallest absolute Gasteiger partial charge is 0.256 e. The topological polar surface area (TPSA) is 106 Å². The van der Waals surface area contributed by atoms with Gasteiger partial charge in [-0.1, -0.05) is 37.3 Å². The number of fused-ring (bicyclic) bond motifs is 1. The van der Waals surface area contributed by atoms with Crippen molar-refractivity contribution in [3.63, 3.8) is 0 Å². The molecule has 0 radical (unpaired) electrons. The molecule has 9 heteroatoms. The van der Waals surface area contributed by atoms with Crippen LogP contribution >= 0.6 is 0 Å². The summed E-state index contributed by atoms with van der Waals surface area (Å²) in [6, 6.07) is 15.6. The van der Waals surface area contributed by atoms with Crippen LogP contribution in [0.25, 0.3) is 17.4 Å². The summed E-state index contributed by atoms with van der Waals surface area (Å²) in [5.74, 6) is 2.92. The maximum Gasteiger partial charge on any atom is 0.256 e. The van der Waals surface area contributed by atoms with Gasteiger partial charge in [-0.3, -0.25) is 4.79 Å². The number of nitrogens with two attached hydrogens (primary N) is 1. The quantitative estimate of drug-likeness (QED) is 0.450. The normalized spacial score (nSPS) is 14.6. The van der Waals surface area contributed by atoms with Crippen LogP contribution in [0.3, 0.4) is 0 Å². The molecule has 0 saturated carbocycles. The molecule has 0 spiro atoms. The summed E-state index contributed by atoms with van der Waals surface area (Å²) in [5, 5.41) is 4.40. The third-order valence-electron chi connectivity index (χ3n) is 6.26. The van der Waals surface area contributed by atoms with Gasteiger partial charge in [0, 0.05) is 38.2 Å². The molecule has 1 aliphatic rings. The van der Waals surface area contributed by atoms with E-state index in [1.165, 1.54) is 4.52 Å². The molecule has 34 heavy (non-hydrogen) atoms. The highest BCUT2D eigenvalue weighted by Crippen LogP contribution is 2.26. The van der Waals surface area contributed by atoms with Crippen molar-refractivity contribution in [1.82, 2.24) is 24.5 Å². The van der Waals surface area contributed by atoms with Crippen LogP contribution in [-0.4, -0.2) is 50.0 Å². The zero-order valence-corrected chi connectivity index (χ0v) is 19.3. The molecule has 1 saturated heterocycles. The lowest BCUT2D eigenvalue weighted by atomic mass is 9.95. The zero-order valence-electron chi connectivity index (χ0n) is 19.3. The summed E-state index contributed by atoms with van der Waals surface area (Å²) in [5.41, 5.74) is 7.42. The van der Waals surface area contributed by atoms with Crippen molar-refractivity contribution in [2.24, 2.45) is 5.92 Å². The van der Waals surface area contributed by atoms with Crippen LogP contribution in [0.15, 0.2) is 59.2 Å². The monoisotopic (exact) mass is 459 g/mol. The number of furan rings is 1. The molecule has 1 fully saturated rings. The first-order chi connectivity index (χ1) is 16.6. The summed E-state index contributed by atoms with van der Waals surface area (Å²) in [6.45, 7) is 5.02. The molecule has 0 bridgehead atoms. The van der Waals surface area contributed by atoms with Crippen LogP contribution in [0.2, 0.25) is 0 Å². The Balaban J connectivity index is 1.27. The van der Waals surface area contributed by atoms with E-state index < -0.39 is 0 Å². The third-order valence-corrected chi connectivity index (χ3v) is 6.26. The highest BCUT2D eigenvalue weighted by Gasteiger charge is 2.29. The SMILES string of the molecule is CCCN(Cc1ccccc1)C(=O)C1CCN(c2cc(N)n3nc(-c4ccco4)nc3n2)CC1. The first-order valence-corrected chi connectivity index (χ1v) is 11.8. The lowest BCUT2D eigenvalue weighted by Crippen LogP contribution is -2.43. The lowest BCUT2D eigenvalue weighted by Gasteiger charge is -2.35. The Bertz CT molecular complexity index is 1250. The van der Waals surface area contributed by atoms with E-state index in [-0.39, 0.29) is 11.8 Å². The van der Waals surface area contributed by atoms with Gasteiger partial charge in [-0.15, -0.1) is 5.10 Å². The molecule has 2 N–H and O–H groups in total. The van der Waals surface area contributed by atoms with Crippen LogP contribution in [0, 0.1) is 5.92 Å². The molecule has 0 aliphatic carbocycles. The number of hydrogen-bond donors (Lipinski definition) is 1. The van der Waals surface area contributed by atoms with Crippen LogP contribution in [-0.2, 0) is 11.3 Å². The summed E-state index contributed by atoms with van der Waals surface area (Å²) >= 11 is 0. The van der Waals surface area contributed by atoms with Gasteiger partial charge in [-0.2, -0.15) is 14.5 Å². The average Bonchev–Trinajstić information content (AvgIpc) is 3.54. The van der Waals surface area contributed by atoms with Gasteiger partial charge in [-0.05, 0) is 37.0 Å². The van der Waals surface area contributed by atoms with Crippen LogP contribution in [0.1, 0.15) is 31.7 Å². The number of aromatic nitrogens is 4. The molecule has 4 aromatic rings. The minimum atomic E-state index is 0.0197. The Hall–Kier alpha value is -3.88. The standard InChI is InChI=1S/C25H29N7O2/c1-2-12-31(17-18-7-4-3-5-8-18)24(33)19-10-13-30(14-11-19)22-16-21(26)32-25(27-22)28-23(29-32)20-9-6-15-34-20/h3-9,15-16,19H,2,10-14,17,26H2,1H3. The number of nitrogen functional groups attached to an aromatic ring is 1. The Morgan fingerprint density at radius 1 is 1.15 bits per heavy atom. The number of carbonyl (C=O) groups is 1. The number of hydrogen-bond acceptors (Lipinski definition) is 7. The summed E-state index contributed by atoms with van der Waals surface area (Å²) in [6.07, 6.45) is 4.09. The lowest BCUT2D eigenvalue weighted by molar-refractivity contribution is -0.136. The number of amides is 1. The predicted molar refractivity (Wildman–Crippen MR) is 130 cm³/mol. The number of carbonyl (C=O) groups excluding carboxylic acids is 1. The zero-order chi connectivity index (χ0) is 23.5. The largest absolute Gasteiger partial charge is 0.461 e. The number of nitrogens with zero attached hydrogens (tertiary/aromatic N) is 6. The number of anilines is 2. The van der Waals surface area contributed by atoms with Crippen LogP contribution < -0.4 is 10.6 Å². The van der Waals surface area contributed by atoms with E-state index in [9.17, 15) is 4.79 Å². The molecule has 1 aliphatic heterocycles. The van der Waals surface area contributed by atoms with E-state index in [4.69, 9.17) is 10.2 Å². The number of piperidine rings is 1. The molecular formula is C25H29N7O2. The van der Waals surface area contributed by atoms with Crippen LogP contribution in [0.4, 0.5) is 11.6 Å². The Morgan fingerprint density at radius 3 is 2.65 bits per heavy atom. The molecule has 1 aromatic carbocycles. The predicted octanol–water partition coefficient (Wildman–Crippen LogP) is 3.62. The van der Waals surface area contributed by atoms with Gasteiger partial charge in [-0.25, -0.2) is 0 Å². The molecule has 5 rings (SSSR count). The van der Waals surface area contributed by atoms with Gasteiger partial charge >= 0.3 is 0 Å². The molecule has 4 heterocycles. The molecule has 3 aromatic heterocycles. The molecular weight excluding hydrogens is 430 g/mol. The maximum atomic E-state index is 13.3. The number of benzene rings is 1. The van der Waals surface area contributed by atoms with Gasteiger partial charge < -0.3 is 20.0 Å². The van der Waals surface area contributed by atoms with Gasteiger partial charge in [0.2, 0.25) is 11.7 Å². The molecule has 0 atom stereocenters. The Labute approximate surface area is 198 Å². The Morgan fingerprint density at radius 2 is 1.94 bits per heavy atom. The van der Waals surface area contributed by atoms with Crippen molar-refractivity contribution in [3.8, 4) is 11.6 Å². The fourth-order valence-corrected chi connectivity index (χ4v) is 4.50. The second-order valence-electron chi connectivity index (χ2n) is 8.67. The van der Waals surface area contributed by atoms with Crippen molar-refractivity contribution >= 4 is 23.3 Å². The molecule has 9 nitrogen and oxygen atoms in total. The molecule has 1 amide bonds. The van der Waals surface area contributed by atoms with Crippen molar-refractivity contribution in [2.45, 2.75) is 32.7 Å². The van der Waals surface area contributed by atoms with Crippen molar-refractivity contribution < 1.29 is 9.21 Å². The van der Waals surface area contributed by atoms with Crippen molar-refractivity contribution in [1.29, 1.82) is 0 Å². The van der Waals surface area contributed by atoms with Gasteiger partial charge in [0.25, 0.3) is 5.78 Å². The molecule has 176 valence electrons. The first kappa shape index (κ1) is 21.9. The van der Waals surface area contributed by atoms with Crippen molar-refractivity contribution in [2.75, 3.05) is 30.3 Å². The minimum Gasteiger partial charge on any atom is -0.461 e. The number of rotatable bonds is 7. The van der Waals surface area contributed by atoms with E-state index in [0.29, 0.717) is 29.7 Å². The summed E-state index contributed by atoms with van der Waals surface area (Å²) < 4.78 is 6.91. The average molecular weight is 460 g/mol. The second kappa shape index (κ2) is 9.54. The van der Waals surface area contributed by atoms with E-state index in [1.807, 2.05) is 29.2 Å².